The second kappa shape index (κ2) is 6.93. The van der Waals surface area contributed by atoms with Crippen LogP contribution in [0.3, 0.4) is 0 Å². The molecule has 2 aliphatic rings. The van der Waals surface area contributed by atoms with Crippen LogP contribution in [0.2, 0.25) is 0 Å². The summed E-state index contributed by atoms with van der Waals surface area (Å²) in [6, 6.07) is 12.4. The predicted molar refractivity (Wildman–Crippen MR) is 89.5 cm³/mol. The van der Waals surface area contributed by atoms with Gasteiger partial charge in [-0.05, 0) is 30.2 Å². The normalized spacial score (nSPS) is 34.8. The third kappa shape index (κ3) is 3.67. The Morgan fingerprint density at radius 3 is 2.76 bits per heavy atom. The van der Waals surface area contributed by atoms with Crippen molar-refractivity contribution in [3.8, 4) is 0 Å². The SMILES string of the molecule is CC1CCCC(N2CCNC(Cc3ccccc3)C2)C1C. The highest BCUT2D eigenvalue weighted by Gasteiger charge is 2.33. The summed E-state index contributed by atoms with van der Waals surface area (Å²) in [5.74, 6) is 1.75. The monoisotopic (exact) mass is 286 g/mol. The maximum atomic E-state index is 3.72. The highest BCUT2D eigenvalue weighted by atomic mass is 15.2. The Bertz CT molecular complexity index is 430. The molecule has 0 aromatic heterocycles. The molecule has 1 saturated heterocycles. The summed E-state index contributed by atoms with van der Waals surface area (Å²) >= 11 is 0. The first kappa shape index (κ1) is 15.1. The summed E-state index contributed by atoms with van der Waals surface area (Å²) in [6.45, 7) is 8.52. The minimum absolute atomic E-state index is 0.616. The molecule has 0 radical (unpaired) electrons. The topological polar surface area (TPSA) is 15.3 Å². The quantitative estimate of drug-likeness (QED) is 0.917. The Kier molecular flexibility index (Phi) is 4.97. The number of piperazine rings is 1. The molecule has 0 amide bonds. The minimum Gasteiger partial charge on any atom is -0.311 e. The molecule has 0 bridgehead atoms. The van der Waals surface area contributed by atoms with Crippen molar-refractivity contribution in [3.63, 3.8) is 0 Å². The maximum Gasteiger partial charge on any atom is 0.0236 e. The first-order chi connectivity index (χ1) is 10.2. The fraction of sp³-hybridized carbons (Fsp3) is 0.684. The number of benzene rings is 1. The minimum atomic E-state index is 0.616. The Labute approximate surface area is 129 Å². The first-order valence-electron chi connectivity index (χ1n) is 8.75. The number of nitrogens with one attached hydrogen (secondary N) is 1. The molecule has 1 heterocycles. The van der Waals surface area contributed by atoms with E-state index < -0.39 is 0 Å². The summed E-state index contributed by atoms with van der Waals surface area (Å²) in [5.41, 5.74) is 1.46. The second-order valence-corrected chi connectivity index (χ2v) is 7.17. The Morgan fingerprint density at radius 1 is 1.14 bits per heavy atom. The van der Waals surface area contributed by atoms with E-state index in [9.17, 15) is 0 Å². The van der Waals surface area contributed by atoms with E-state index in [0.717, 1.165) is 30.8 Å². The molecule has 2 fully saturated rings. The zero-order chi connectivity index (χ0) is 14.7. The van der Waals surface area contributed by atoms with E-state index in [1.807, 2.05) is 0 Å². The molecule has 2 heteroatoms. The van der Waals surface area contributed by atoms with Crippen molar-refractivity contribution >= 4 is 0 Å². The van der Waals surface area contributed by atoms with Crippen LogP contribution in [0.15, 0.2) is 30.3 Å². The summed E-state index contributed by atoms with van der Waals surface area (Å²) in [7, 11) is 0. The van der Waals surface area contributed by atoms with Gasteiger partial charge in [-0.1, -0.05) is 57.0 Å². The van der Waals surface area contributed by atoms with Gasteiger partial charge in [0, 0.05) is 31.7 Å². The lowest BCUT2D eigenvalue weighted by atomic mass is 9.77. The smallest absolute Gasteiger partial charge is 0.0236 e. The van der Waals surface area contributed by atoms with Crippen LogP contribution in [0.1, 0.15) is 38.7 Å². The lowest BCUT2D eigenvalue weighted by Gasteiger charge is -2.45. The number of hydrogen-bond acceptors (Lipinski definition) is 2. The number of hydrogen-bond donors (Lipinski definition) is 1. The average Bonchev–Trinajstić information content (AvgIpc) is 2.51. The van der Waals surface area contributed by atoms with E-state index in [1.54, 1.807) is 0 Å². The molecule has 2 nitrogen and oxygen atoms in total. The van der Waals surface area contributed by atoms with Crippen LogP contribution in [0.5, 0.6) is 0 Å². The molecule has 1 N–H and O–H groups in total. The van der Waals surface area contributed by atoms with Crippen LogP contribution >= 0.6 is 0 Å². The van der Waals surface area contributed by atoms with Crippen molar-refractivity contribution in [3.05, 3.63) is 35.9 Å². The molecule has 4 atom stereocenters. The lowest BCUT2D eigenvalue weighted by molar-refractivity contribution is 0.0574. The average molecular weight is 286 g/mol. The molecule has 1 aliphatic carbocycles. The molecule has 3 rings (SSSR count). The summed E-state index contributed by atoms with van der Waals surface area (Å²) in [6.07, 6.45) is 5.41. The zero-order valence-electron chi connectivity index (χ0n) is 13.6. The largest absolute Gasteiger partial charge is 0.311 e. The standard InChI is InChI=1S/C19H30N2/c1-15-7-6-10-19(16(15)2)21-12-11-20-18(14-21)13-17-8-4-3-5-9-17/h3-5,8-9,15-16,18-20H,6-7,10-14H2,1-2H3. The van der Waals surface area contributed by atoms with Crippen LogP contribution in [0.4, 0.5) is 0 Å². The lowest BCUT2D eigenvalue weighted by Crippen LogP contribution is -2.57. The van der Waals surface area contributed by atoms with E-state index in [-0.39, 0.29) is 0 Å². The molecule has 116 valence electrons. The third-order valence-electron chi connectivity index (χ3n) is 5.74. The van der Waals surface area contributed by atoms with E-state index in [0.29, 0.717) is 6.04 Å². The van der Waals surface area contributed by atoms with Gasteiger partial charge in [0.05, 0.1) is 0 Å². The van der Waals surface area contributed by atoms with Crippen molar-refractivity contribution < 1.29 is 0 Å². The molecular formula is C19H30N2. The highest BCUT2D eigenvalue weighted by molar-refractivity contribution is 5.16. The van der Waals surface area contributed by atoms with E-state index in [1.165, 1.54) is 37.9 Å². The third-order valence-corrected chi connectivity index (χ3v) is 5.74. The summed E-state index contributed by atoms with van der Waals surface area (Å²) in [5, 5.41) is 3.72. The molecular weight excluding hydrogens is 256 g/mol. The summed E-state index contributed by atoms with van der Waals surface area (Å²) < 4.78 is 0. The fourth-order valence-corrected chi connectivity index (χ4v) is 4.26. The molecule has 1 aliphatic heterocycles. The Morgan fingerprint density at radius 2 is 1.95 bits per heavy atom. The van der Waals surface area contributed by atoms with E-state index in [4.69, 9.17) is 0 Å². The second-order valence-electron chi connectivity index (χ2n) is 7.17. The van der Waals surface area contributed by atoms with Gasteiger partial charge in [-0.3, -0.25) is 4.90 Å². The molecule has 1 saturated carbocycles. The summed E-state index contributed by atoms with van der Waals surface area (Å²) in [4.78, 5) is 2.78. The highest BCUT2D eigenvalue weighted by Crippen LogP contribution is 2.33. The van der Waals surface area contributed by atoms with Crippen molar-refractivity contribution in [1.29, 1.82) is 0 Å². The van der Waals surface area contributed by atoms with Crippen LogP contribution in [-0.2, 0) is 6.42 Å². The van der Waals surface area contributed by atoms with Gasteiger partial charge in [0.15, 0.2) is 0 Å². The van der Waals surface area contributed by atoms with Crippen molar-refractivity contribution in [2.24, 2.45) is 11.8 Å². The van der Waals surface area contributed by atoms with Crippen molar-refractivity contribution in [2.45, 2.75) is 51.6 Å². The first-order valence-corrected chi connectivity index (χ1v) is 8.75. The van der Waals surface area contributed by atoms with Gasteiger partial charge in [0.2, 0.25) is 0 Å². The van der Waals surface area contributed by atoms with E-state index in [2.05, 4.69) is 54.4 Å². The molecule has 1 aromatic carbocycles. The Balaban J connectivity index is 1.60. The predicted octanol–water partition coefficient (Wildman–Crippen LogP) is 3.33. The molecule has 21 heavy (non-hydrogen) atoms. The molecule has 0 spiro atoms. The van der Waals surface area contributed by atoms with Gasteiger partial charge in [0.1, 0.15) is 0 Å². The Hall–Kier alpha value is -0.860. The van der Waals surface area contributed by atoms with Crippen LogP contribution in [0.25, 0.3) is 0 Å². The van der Waals surface area contributed by atoms with Gasteiger partial charge >= 0.3 is 0 Å². The zero-order valence-corrected chi connectivity index (χ0v) is 13.6. The van der Waals surface area contributed by atoms with E-state index >= 15 is 0 Å². The van der Waals surface area contributed by atoms with Gasteiger partial charge in [0.25, 0.3) is 0 Å². The van der Waals surface area contributed by atoms with Crippen LogP contribution in [-0.4, -0.2) is 36.6 Å². The van der Waals surface area contributed by atoms with Gasteiger partial charge in [-0.15, -0.1) is 0 Å². The number of nitrogens with zero attached hydrogens (tertiary/aromatic N) is 1. The van der Waals surface area contributed by atoms with Crippen molar-refractivity contribution in [1.82, 2.24) is 10.2 Å². The van der Waals surface area contributed by atoms with Gasteiger partial charge in [-0.2, -0.15) is 0 Å². The molecule has 1 aromatic rings. The molecule has 4 unspecified atom stereocenters. The van der Waals surface area contributed by atoms with Gasteiger partial charge < -0.3 is 5.32 Å². The van der Waals surface area contributed by atoms with Crippen molar-refractivity contribution in [2.75, 3.05) is 19.6 Å². The maximum absolute atomic E-state index is 3.72. The van der Waals surface area contributed by atoms with Crippen LogP contribution in [0, 0.1) is 11.8 Å². The van der Waals surface area contributed by atoms with Gasteiger partial charge in [-0.25, -0.2) is 0 Å². The van der Waals surface area contributed by atoms with Crippen LogP contribution < -0.4 is 5.32 Å². The fourth-order valence-electron chi connectivity index (χ4n) is 4.26. The number of rotatable bonds is 3.